The molecule has 0 unspecified atom stereocenters. The van der Waals surface area contributed by atoms with Gasteiger partial charge in [0.15, 0.2) is 0 Å². The first kappa shape index (κ1) is 12.7. The van der Waals surface area contributed by atoms with Crippen LogP contribution in [0.25, 0.3) is 0 Å². The Morgan fingerprint density at radius 1 is 1.37 bits per heavy atom. The third-order valence-corrected chi connectivity index (χ3v) is 2.50. The summed E-state index contributed by atoms with van der Waals surface area (Å²) in [4.78, 5) is 26.5. The first-order valence-corrected chi connectivity index (χ1v) is 5.42. The number of hydrogen-bond acceptors (Lipinski definition) is 5. The minimum Gasteiger partial charge on any atom is -0.477 e. The van der Waals surface area contributed by atoms with E-state index >= 15 is 0 Å². The number of nitrogens with one attached hydrogen (secondary N) is 1. The number of pyridine rings is 1. The zero-order valence-corrected chi connectivity index (χ0v) is 10.3. The van der Waals surface area contributed by atoms with Gasteiger partial charge in [-0.25, -0.2) is 9.78 Å². The molecule has 0 aliphatic carbocycles. The molecule has 2 rings (SSSR count). The first-order valence-electron chi connectivity index (χ1n) is 5.42. The number of amides is 1. The lowest BCUT2D eigenvalue weighted by molar-refractivity contribution is 0.0690. The Morgan fingerprint density at radius 3 is 2.68 bits per heavy atom. The number of carbonyl (C=O) groups excluding carboxylic acids is 1. The van der Waals surface area contributed by atoms with Gasteiger partial charge in [-0.2, -0.15) is 0 Å². The Hall–Kier alpha value is -2.70. The summed E-state index contributed by atoms with van der Waals surface area (Å²) in [6, 6.07) is 2.78. The zero-order valence-electron chi connectivity index (χ0n) is 10.3. The molecular weight excluding hydrogens is 250 g/mol. The molecule has 0 saturated carbocycles. The largest absolute Gasteiger partial charge is 0.477 e. The SMILES string of the molecule is Cc1noc(C)c1C(=O)Nc1ccnc(C(=O)O)c1. The van der Waals surface area contributed by atoms with Crippen molar-refractivity contribution in [3.8, 4) is 0 Å². The summed E-state index contributed by atoms with van der Waals surface area (Å²) in [5.41, 5.74) is 1.02. The van der Waals surface area contributed by atoms with Crippen LogP contribution >= 0.6 is 0 Å². The normalized spacial score (nSPS) is 10.2. The van der Waals surface area contributed by atoms with Crippen molar-refractivity contribution < 1.29 is 19.2 Å². The molecule has 0 aliphatic heterocycles. The van der Waals surface area contributed by atoms with Crippen LogP contribution in [0.3, 0.4) is 0 Å². The van der Waals surface area contributed by atoms with Crippen LogP contribution < -0.4 is 5.32 Å². The van der Waals surface area contributed by atoms with Gasteiger partial charge in [-0.15, -0.1) is 0 Å². The van der Waals surface area contributed by atoms with Gasteiger partial charge >= 0.3 is 5.97 Å². The topological polar surface area (TPSA) is 105 Å². The summed E-state index contributed by atoms with van der Waals surface area (Å²) in [5, 5.41) is 15.1. The van der Waals surface area contributed by atoms with E-state index in [1.165, 1.54) is 18.3 Å². The van der Waals surface area contributed by atoms with Crippen LogP contribution in [-0.4, -0.2) is 27.1 Å². The molecular formula is C12H11N3O4. The number of aryl methyl sites for hydroxylation is 2. The second-order valence-corrected chi connectivity index (χ2v) is 3.89. The lowest BCUT2D eigenvalue weighted by Gasteiger charge is -2.05. The number of carboxylic acids is 1. The molecule has 0 bridgehead atoms. The van der Waals surface area contributed by atoms with E-state index in [0.29, 0.717) is 22.7 Å². The summed E-state index contributed by atoms with van der Waals surface area (Å²) in [6.45, 7) is 3.28. The molecule has 0 spiro atoms. The van der Waals surface area contributed by atoms with Gasteiger partial charge in [0.05, 0.1) is 5.69 Å². The molecule has 19 heavy (non-hydrogen) atoms. The van der Waals surface area contributed by atoms with Crippen LogP contribution in [0.1, 0.15) is 32.3 Å². The zero-order chi connectivity index (χ0) is 14.0. The summed E-state index contributed by atoms with van der Waals surface area (Å²) < 4.78 is 4.90. The van der Waals surface area contributed by atoms with Crippen LogP contribution in [0.2, 0.25) is 0 Å². The number of anilines is 1. The maximum Gasteiger partial charge on any atom is 0.354 e. The number of aromatic nitrogens is 2. The molecule has 7 nitrogen and oxygen atoms in total. The molecule has 0 aliphatic rings. The van der Waals surface area contributed by atoms with Gasteiger partial charge in [-0.05, 0) is 26.0 Å². The molecule has 2 heterocycles. The number of rotatable bonds is 3. The van der Waals surface area contributed by atoms with E-state index in [0.717, 1.165) is 0 Å². The Bertz CT molecular complexity index is 629. The Morgan fingerprint density at radius 2 is 2.11 bits per heavy atom. The molecule has 98 valence electrons. The number of carboxylic acid groups (broad SMARTS) is 1. The van der Waals surface area contributed by atoms with Crippen molar-refractivity contribution in [3.63, 3.8) is 0 Å². The van der Waals surface area contributed by atoms with E-state index in [1.807, 2.05) is 0 Å². The molecule has 1 amide bonds. The third kappa shape index (κ3) is 2.59. The van der Waals surface area contributed by atoms with Gasteiger partial charge in [-0.1, -0.05) is 5.16 Å². The van der Waals surface area contributed by atoms with Crippen molar-refractivity contribution >= 4 is 17.6 Å². The van der Waals surface area contributed by atoms with Crippen molar-refractivity contribution in [2.75, 3.05) is 5.32 Å². The van der Waals surface area contributed by atoms with Gasteiger partial charge in [0.2, 0.25) is 0 Å². The van der Waals surface area contributed by atoms with Crippen LogP contribution in [0, 0.1) is 13.8 Å². The standard InChI is InChI=1S/C12H11N3O4/c1-6-10(7(2)19-15-6)11(16)14-8-3-4-13-9(5-8)12(17)18/h3-5H,1-2H3,(H,17,18)(H,13,14,16). The van der Waals surface area contributed by atoms with Crippen molar-refractivity contribution in [2.24, 2.45) is 0 Å². The Labute approximate surface area is 108 Å². The number of nitrogens with zero attached hydrogens (tertiary/aromatic N) is 2. The van der Waals surface area contributed by atoms with Gasteiger partial charge in [-0.3, -0.25) is 4.79 Å². The quantitative estimate of drug-likeness (QED) is 0.870. The second kappa shape index (κ2) is 4.89. The minimum atomic E-state index is -1.16. The van der Waals surface area contributed by atoms with Crippen molar-refractivity contribution in [1.29, 1.82) is 0 Å². The predicted molar refractivity (Wildman–Crippen MR) is 65.1 cm³/mol. The van der Waals surface area contributed by atoms with Crippen molar-refractivity contribution in [1.82, 2.24) is 10.1 Å². The van der Waals surface area contributed by atoms with Crippen LogP contribution in [-0.2, 0) is 0 Å². The lowest BCUT2D eigenvalue weighted by atomic mass is 10.2. The molecule has 7 heteroatoms. The first-order chi connectivity index (χ1) is 8.99. The molecule has 0 aromatic carbocycles. The Balaban J connectivity index is 2.24. The maximum atomic E-state index is 12.0. The van der Waals surface area contributed by atoms with Gasteiger partial charge in [0.1, 0.15) is 17.0 Å². The minimum absolute atomic E-state index is 0.142. The smallest absolute Gasteiger partial charge is 0.354 e. The second-order valence-electron chi connectivity index (χ2n) is 3.89. The van der Waals surface area contributed by atoms with Gasteiger partial charge < -0.3 is 14.9 Å². The fraction of sp³-hybridized carbons (Fsp3) is 0.167. The number of carbonyl (C=O) groups is 2. The summed E-state index contributed by atoms with van der Waals surface area (Å²) >= 11 is 0. The number of hydrogen-bond donors (Lipinski definition) is 2. The summed E-state index contributed by atoms with van der Waals surface area (Å²) in [6.07, 6.45) is 1.31. The Kier molecular flexibility index (Phi) is 3.28. The van der Waals surface area contributed by atoms with Gasteiger partial charge in [0, 0.05) is 11.9 Å². The number of aromatic carboxylic acids is 1. The predicted octanol–water partition coefficient (Wildman–Crippen LogP) is 1.64. The highest BCUT2D eigenvalue weighted by molar-refractivity contribution is 6.05. The van der Waals surface area contributed by atoms with Crippen LogP contribution in [0.4, 0.5) is 5.69 Å². The summed E-state index contributed by atoms with van der Waals surface area (Å²) in [7, 11) is 0. The lowest BCUT2D eigenvalue weighted by Crippen LogP contribution is -2.14. The highest BCUT2D eigenvalue weighted by atomic mass is 16.5. The van der Waals surface area contributed by atoms with E-state index in [2.05, 4.69) is 15.5 Å². The fourth-order valence-electron chi connectivity index (χ4n) is 1.63. The van der Waals surface area contributed by atoms with Crippen molar-refractivity contribution in [2.45, 2.75) is 13.8 Å². The molecule has 0 radical (unpaired) electrons. The van der Waals surface area contributed by atoms with E-state index in [9.17, 15) is 9.59 Å². The van der Waals surface area contributed by atoms with E-state index in [1.54, 1.807) is 13.8 Å². The van der Waals surface area contributed by atoms with Crippen LogP contribution in [0.5, 0.6) is 0 Å². The molecule has 0 fully saturated rings. The third-order valence-electron chi connectivity index (χ3n) is 2.50. The maximum absolute atomic E-state index is 12.0. The van der Waals surface area contributed by atoms with E-state index in [-0.39, 0.29) is 5.69 Å². The molecule has 0 atom stereocenters. The molecule has 2 aromatic rings. The van der Waals surface area contributed by atoms with E-state index < -0.39 is 11.9 Å². The van der Waals surface area contributed by atoms with Crippen molar-refractivity contribution in [3.05, 3.63) is 41.0 Å². The highest BCUT2D eigenvalue weighted by Crippen LogP contribution is 2.15. The monoisotopic (exact) mass is 261 g/mol. The molecule has 2 N–H and O–H groups in total. The average molecular weight is 261 g/mol. The highest BCUT2D eigenvalue weighted by Gasteiger charge is 2.18. The van der Waals surface area contributed by atoms with Gasteiger partial charge in [0.25, 0.3) is 5.91 Å². The molecule has 0 saturated heterocycles. The van der Waals surface area contributed by atoms with Crippen LogP contribution in [0.15, 0.2) is 22.9 Å². The summed E-state index contributed by atoms with van der Waals surface area (Å²) in [5.74, 6) is -1.16. The fourth-order valence-corrected chi connectivity index (χ4v) is 1.63. The van der Waals surface area contributed by atoms with E-state index in [4.69, 9.17) is 9.63 Å². The average Bonchev–Trinajstić information content (AvgIpc) is 2.69. The molecule has 2 aromatic heterocycles.